The van der Waals surface area contributed by atoms with Crippen LogP contribution in [0.15, 0.2) is 36.4 Å². The summed E-state index contributed by atoms with van der Waals surface area (Å²) in [5, 5.41) is 13.3. The van der Waals surface area contributed by atoms with Crippen molar-refractivity contribution in [1.82, 2.24) is 0 Å². The molecule has 0 saturated heterocycles. The van der Waals surface area contributed by atoms with Crippen LogP contribution in [0.1, 0.15) is 15.9 Å². The van der Waals surface area contributed by atoms with E-state index in [0.29, 0.717) is 5.56 Å². The van der Waals surface area contributed by atoms with E-state index in [-0.39, 0.29) is 22.6 Å². The summed E-state index contributed by atoms with van der Waals surface area (Å²) in [6.45, 7) is 1.52. The molecular weight excluding hydrogens is 277 g/mol. The highest BCUT2D eigenvalue weighted by molar-refractivity contribution is 6.07. The van der Waals surface area contributed by atoms with Crippen LogP contribution in [-0.2, 0) is 0 Å². The molecule has 0 radical (unpaired) electrons. The molecule has 7 heteroatoms. The fourth-order valence-electron chi connectivity index (χ4n) is 1.91. The van der Waals surface area contributed by atoms with Gasteiger partial charge in [0.25, 0.3) is 11.6 Å². The average molecular weight is 289 g/mol. The number of nitro benzene ring substituents is 1. The maximum Gasteiger partial charge on any atom is 0.285 e. The molecule has 2 aromatic rings. The summed E-state index contributed by atoms with van der Waals surface area (Å²) in [4.78, 5) is 22.5. The number of carbonyl (C=O) groups is 1. The van der Waals surface area contributed by atoms with Crippen molar-refractivity contribution in [2.24, 2.45) is 0 Å². The summed E-state index contributed by atoms with van der Waals surface area (Å²) in [7, 11) is 0. The molecule has 0 aliphatic heterocycles. The Morgan fingerprint density at radius 3 is 2.71 bits per heavy atom. The first kappa shape index (κ1) is 14.4. The maximum atomic E-state index is 13.6. The fraction of sp³-hybridized carbons (Fsp3) is 0.0714. The summed E-state index contributed by atoms with van der Waals surface area (Å²) in [6, 6.07) is 8.05. The second-order valence-corrected chi connectivity index (χ2v) is 4.42. The zero-order valence-corrected chi connectivity index (χ0v) is 11.1. The van der Waals surface area contributed by atoms with Crippen molar-refractivity contribution < 1.29 is 14.1 Å². The van der Waals surface area contributed by atoms with E-state index in [1.54, 1.807) is 0 Å². The number of carbonyl (C=O) groups excluding carboxylic acids is 1. The number of hydrogen-bond acceptors (Lipinski definition) is 4. The Hall–Kier alpha value is -2.96. The number of anilines is 2. The Kier molecular flexibility index (Phi) is 3.84. The Bertz CT molecular complexity index is 731. The molecule has 0 fully saturated rings. The normalized spacial score (nSPS) is 10.2. The molecule has 0 aliphatic rings. The van der Waals surface area contributed by atoms with Crippen LogP contribution in [0.3, 0.4) is 0 Å². The molecule has 1 amide bonds. The van der Waals surface area contributed by atoms with Gasteiger partial charge in [-0.15, -0.1) is 0 Å². The molecular formula is C14H12FN3O3. The van der Waals surface area contributed by atoms with Crippen LogP contribution in [0, 0.1) is 22.9 Å². The summed E-state index contributed by atoms with van der Waals surface area (Å²) < 4.78 is 13.6. The molecule has 0 aliphatic carbocycles. The Balaban J connectivity index is 2.40. The number of halogens is 1. The number of rotatable bonds is 3. The third-order valence-electron chi connectivity index (χ3n) is 2.90. The number of para-hydroxylation sites is 1. The first-order valence-corrected chi connectivity index (χ1v) is 6.00. The molecule has 0 spiro atoms. The Morgan fingerprint density at radius 1 is 1.33 bits per heavy atom. The number of benzene rings is 2. The Morgan fingerprint density at radius 2 is 2.05 bits per heavy atom. The molecule has 0 aromatic heterocycles. The predicted octanol–water partition coefficient (Wildman–Crippen LogP) is 2.88. The molecule has 108 valence electrons. The van der Waals surface area contributed by atoms with E-state index >= 15 is 0 Å². The second kappa shape index (κ2) is 5.58. The molecule has 3 N–H and O–H groups in total. The quantitative estimate of drug-likeness (QED) is 0.515. The molecule has 0 unspecified atom stereocenters. The zero-order valence-electron chi connectivity index (χ0n) is 11.1. The Labute approximate surface area is 119 Å². The van der Waals surface area contributed by atoms with Gasteiger partial charge >= 0.3 is 0 Å². The third kappa shape index (κ3) is 2.97. The van der Waals surface area contributed by atoms with Crippen molar-refractivity contribution in [2.75, 3.05) is 11.1 Å². The minimum Gasteiger partial charge on any atom is -0.399 e. The number of nitrogen functional groups attached to an aromatic ring is 1. The SMILES string of the molecule is Cc1cccc(C(=O)Nc2cc(N)ccc2F)c1[N+](=O)[O-]. The molecule has 2 rings (SSSR count). The topological polar surface area (TPSA) is 98.3 Å². The first-order valence-electron chi connectivity index (χ1n) is 6.00. The molecule has 0 atom stereocenters. The van der Waals surface area contributed by atoms with Crippen LogP contribution in [0.5, 0.6) is 0 Å². The van der Waals surface area contributed by atoms with E-state index in [2.05, 4.69) is 5.32 Å². The van der Waals surface area contributed by atoms with E-state index in [1.807, 2.05) is 0 Å². The largest absolute Gasteiger partial charge is 0.399 e. The lowest BCUT2D eigenvalue weighted by molar-refractivity contribution is -0.385. The van der Waals surface area contributed by atoms with Crippen LogP contribution in [0.2, 0.25) is 0 Å². The summed E-state index contributed by atoms with van der Waals surface area (Å²) in [5.74, 6) is -1.44. The lowest BCUT2D eigenvalue weighted by Gasteiger charge is -2.08. The minimum atomic E-state index is -0.769. The van der Waals surface area contributed by atoms with E-state index < -0.39 is 16.6 Å². The monoisotopic (exact) mass is 289 g/mol. The van der Waals surface area contributed by atoms with Gasteiger partial charge in [-0.3, -0.25) is 14.9 Å². The minimum absolute atomic E-state index is 0.129. The number of hydrogen-bond donors (Lipinski definition) is 2. The number of amides is 1. The van der Waals surface area contributed by atoms with Crippen LogP contribution >= 0.6 is 0 Å². The molecule has 6 nitrogen and oxygen atoms in total. The van der Waals surface area contributed by atoms with Gasteiger partial charge in [0.2, 0.25) is 0 Å². The zero-order chi connectivity index (χ0) is 15.6. The summed E-state index contributed by atoms with van der Waals surface area (Å²) in [6.07, 6.45) is 0. The molecule has 0 heterocycles. The van der Waals surface area contributed by atoms with Crippen molar-refractivity contribution in [3.05, 3.63) is 63.5 Å². The average Bonchev–Trinajstić information content (AvgIpc) is 2.42. The maximum absolute atomic E-state index is 13.6. The van der Waals surface area contributed by atoms with Crippen LogP contribution in [0.25, 0.3) is 0 Å². The van der Waals surface area contributed by atoms with Gasteiger partial charge in [-0.25, -0.2) is 4.39 Å². The second-order valence-electron chi connectivity index (χ2n) is 4.42. The van der Waals surface area contributed by atoms with E-state index in [9.17, 15) is 19.3 Å². The van der Waals surface area contributed by atoms with E-state index in [4.69, 9.17) is 5.73 Å². The molecule has 0 saturated carbocycles. The van der Waals surface area contributed by atoms with Crippen LogP contribution in [-0.4, -0.2) is 10.8 Å². The lowest BCUT2D eigenvalue weighted by Crippen LogP contribution is -2.15. The highest BCUT2D eigenvalue weighted by atomic mass is 19.1. The standard InChI is InChI=1S/C14H12FN3O3/c1-8-3-2-4-10(13(8)18(20)21)14(19)17-12-7-9(16)5-6-11(12)15/h2-7H,16H2,1H3,(H,17,19). The number of nitrogens with one attached hydrogen (secondary N) is 1. The van der Waals surface area contributed by atoms with Gasteiger partial charge in [0.05, 0.1) is 10.6 Å². The summed E-state index contributed by atoms with van der Waals surface area (Å²) in [5.41, 5.74) is 5.56. The molecule has 2 aromatic carbocycles. The van der Waals surface area contributed by atoms with Crippen molar-refractivity contribution in [3.63, 3.8) is 0 Å². The smallest absolute Gasteiger partial charge is 0.285 e. The van der Waals surface area contributed by atoms with E-state index in [0.717, 1.165) is 6.07 Å². The van der Waals surface area contributed by atoms with Crippen molar-refractivity contribution in [1.29, 1.82) is 0 Å². The van der Waals surface area contributed by atoms with Gasteiger partial charge in [-0.1, -0.05) is 12.1 Å². The molecule has 0 bridgehead atoms. The number of nitrogens with zero attached hydrogens (tertiary/aromatic N) is 1. The van der Waals surface area contributed by atoms with E-state index in [1.165, 1.54) is 37.3 Å². The van der Waals surface area contributed by atoms with Gasteiger partial charge < -0.3 is 11.1 Å². The van der Waals surface area contributed by atoms with Crippen LogP contribution < -0.4 is 11.1 Å². The first-order chi connectivity index (χ1) is 9.90. The number of nitrogens with two attached hydrogens (primary N) is 1. The highest BCUT2D eigenvalue weighted by Gasteiger charge is 2.23. The number of aryl methyl sites for hydroxylation is 1. The number of nitro groups is 1. The van der Waals surface area contributed by atoms with Crippen molar-refractivity contribution in [3.8, 4) is 0 Å². The van der Waals surface area contributed by atoms with Crippen molar-refractivity contribution >= 4 is 23.0 Å². The predicted molar refractivity (Wildman–Crippen MR) is 76.6 cm³/mol. The molecule has 21 heavy (non-hydrogen) atoms. The van der Waals surface area contributed by atoms with Gasteiger partial charge in [-0.2, -0.15) is 0 Å². The van der Waals surface area contributed by atoms with Gasteiger partial charge in [0.1, 0.15) is 11.4 Å². The van der Waals surface area contributed by atoms with Crippen molar-refractivity contribution in [2.45, 2.75) is 6.92 Å². The van der Waals surface area contributed by atoms with Gasteiger partial charge in [0, 0.05) is 11.3 Å². The highest BCUT2D eigenvalue weighted by Crippen LogP contribution is 2.25. The lowest BCUT2D eigenvalue weighted by atomic mass is 10.1. The fourth-order valence-corrected chi connectivity index (χ4v) is 1.91. The van der Waals surface area contributed by atoms with Crippen LogP contribution in [0.4, 0.5) is 21.5 Å². The third-order valence-corrected chi connectivity index (χ3v) is 2.90. The summed E-state index contributed by atoms with van der Waals surface area (Å²) >= 11 is 0. The van der Waals surface area contributed by atoms with Gasteiger partial charge in [0.15, 0.2) is 0 Å². The van der Waals surface area contributed by atoms with Gasteiger partial charge in [-0.05, 0) is 31.2 Å².